The number of rotatable bonds is 10. The molecule has 1 aromatic rings. The van der Waals surface area contributed by atoms with Crippen LogP contribution < -0.4 is 16.4 Å². The number of carboxylic acids is 1. The van der Waals surface area contributed by atoms with Crippen molar-refractivity contribution in [2.75, 3.05) is 13.7 Å². The molecule has 25 heavy (non-hydrogen) atoms. The van der Waals surface area contributed by atoms with Crippen LogP contribution in [-0.2, 0) is 30.3 Å². The average molecular weight is 352 g/mol. The molecular formula is C16H21N3O6. The SMILES string of the molecule is [2H]NCC(=O)N[C@@H](CC(=O)O)C(=O)N[C@@H](Cc1ccccc1)C(=O)OC. The summed E-state index contributed by atoms with van der Waals surface area (Å²) in [6.07, 6.45) is -0.532. The summed E-state index contributed by atoms with van der Waals surface area (Å²) in [7, 11) is 1.17. The molecule has 0 heterocycles. The Hall–Kier alpha value is -2.94. The number of nitrogens with two attached hydrogens (primary N) is 1. The summed E-state index contributed by atoms with van der Waals surface area (Å²) in [6, 6.07) is 6.43. The molecule has 0 radical (unpaired) electrons. The Balaban J connectivity index is 2.86. The van der Waals surface area contributed by atoms with Gasteiger partial charge in [-0.3, -0.25) is 14.4 Å². The molecule has 136 valence electrons. The number of ether oxygens (including phenoxy) is 1. The van der Waals surface area contributed by atoms with Gasteiger partial charge >= 0.3 is 11.9 Å². The largest absolute Gasteiger partial charge is 0.481 e. The van der Waals surface area contributed by atoms with Crippen molar-refractivity contribution in [3.05, 3.63) is 35.9 Å². The van der Waals surface area contributed by atoms with Crippen molar-refractivity contribution in [2.45, 2.75) is 24.9 Å². The molecule has 0 saturated heterocycles. The Morgan fingerprint density at radius 2 is 1.88 bits per heavy atom. The third-order valence-electron chi connectivity index (χ3n) is 3.28. The maximum atomic E-state index is 12.4. The molecular weight excluding hydrogens is 330 g/mol. The monoisotopic (exact) mass is 352 g/mol. The third-order valence-corrected chi connectivity index (χ3v) is 3.28. The zero-order chi connectivity index (χ0) is 19.5. The van der Waals surface area contributed by atoms with Crippen LogP contribution in [-0.4, -0.2) is 54.6 Å². The van der Waals surface area contributed by atoms with Crippen LogP contribution in [0.5, 0.6) is 0 Å². The van der Waals surface area contributed by atoms with E-state index in [2.05, 4.69) is 15.4 Å². The second kappa shape index (κ2) is 10.0. The van der Waals surface area contributed by atoms with Crippen molar-refractivity contribution in [2.24, 2.45) is 5.73 Å². The van der Waals surface area contributed by atoms with E-state index in [0.717, 1.165) is 5.56 Å². The van der Waals surface area contributed by atoms with Crippen LogP contribution in [0.2, 0.25) is 1.41 Å². The second-order valence-corrected chi connectivity index (χ2v) is 5.17. The van der Waals surface area contributed by atoms with E-state index in [0.29, 0.717) is 0 Å². The number of carbonyl (C=O) groups is 4. The van der Waals surface area contributed by atoms with E-state index >= 15 is 0 Å². The molecule has 0 bridgehead atoms. The van der Waals surface area contributed by atoms with E-state index in [-0.39, 0.29) is 6.42 Å². The van der Waals surface area contributed by atoms with Gasteiger partial charge in [-0.2, -0.15) is 0 Å². The summed E-state index contributed by atoms with van der Waals surface area (Å²) in [5.74, 6) is -3.56. The van der Waals surface area contributed by atoms with Crippen LogP contribution in [0.1, 0.15) is 12.0 Å². The highest BCUT2D eigenvalue weighted by atomic mass is 16.5. The van der Waals surface area contributed by atoms with Crippen LogP contribution in [0.25, 0.3) is 0 Å². The van der Waals surface area contributed by atoms with E-state index in [4.69, 9.17) is 6.52 Å². The van der Waals surface area contributed by atoms with E-state index < -0.39 is 48.8 Å². The molecule has 1 rings (SSSR count). The molecule has 1 aromatic carbocycles. The van der Waals surface area contributed by atoms with Crippen LogP contribution in [0.4, 0.5) is 0 Å². The molecule has 0 aliphatic rings. The molecule has 2 atom stereocenters. The first kappa shape index (κ1) is 18.4. The number of amides is 2. The van der Waals surface area contributed by atoms with Crippen molar-refractivity contribution in [3.8, 4) is 0 Å². The predicted molar refractivity (Wildman–Crippen MR) is 87.3 cm³/mol. The van der Waals surface area contributed by atoms with E-state index in [1.54, 1.807) is 30.3 Å². The molecule has 9 heteroatoms. The lowest BCUT2D eigenvalue weighted by Crippen LogP contribution is -2.53. The summed E-state index contributed by atoms with van der Waals surface area (Å²) >= 11 is 0. The minimum Gasteiger partial charge on any atom is -0.481 e. The maximum Gasteiger partial charge on any atom is 0.328 e. The highest BCUT2D eigenvalue weighted by Crippen LogP contribution is 2.05. The fraction of sp³-hybridized carbons (Fsp3) is 0.375. The van der Waals surface area contributed by atoms with Crippen LogP contribution in [0.15, 0.2) is 30.3 Å². The molecule has 5 N–H and O–H groups in total. The average Bonchev–Trinajstić information content (AvgIpc) is 2.60. The second-order valence-electron chi connectivity index (χ2n) is 5.17. The number of benzene rings is 1. The normalized spacial score (nSPS) is 13.1. The van der Waals surface area contributed by atoms with Crippen LogP contribution in [0.3, 0.4) is 0 Å². The summed E-state index contributed by atoms with van der Waals surface area (Å²) in [5, 5.41) is 13.5. The molecule has 0 saturated carbocycles. The molecule has 0 aromatic heterocycles. The summed E-state index contributed by atoms with van der Waals surface area (Å²) in [5.41, 5.74) is 2.61. The number of carbonyl (C=O) groups excluding carboxylic acids is 3. The van der Waals surface area contributed by atoms with Crippen LogP contribution in [0, 0.1) is 0 Å². The van der Waals surface area contributed by atoms with Gasteiger partial charge in [0.15, 0.2) is 0 Å². The fourth-order valence-corrected chi connectivity index (χ4v) is 2.09. The minimum atomic E-state index is -1.39. The molecule has 0 fully saturated rings. The van der Waals surface area contributed by atoms with Gasteiger partial charge in [0, 0.05) is 6.42 Å². The standard InChI is InChI=1S/C16H21N3O6/c1-25-16(24)12(7-10-5-3-2-4-6-10)19-15(23)11(8-14(21)22)18-13(20)9-17/h2-6,11-12H,7-9,17H2,1H3,(H,18,20)(H,19,23)(H,21,22)/t11-,12-/m0/s1/i/hD. The summed E-state index contributed by atoms with van der Waals surface area (Å²) in [6.45, 7) is -0.409. The zero-order valence-corrected chi connectivity index (χ0v) is 13.7. The van der Waals surface area contributed by atoms with E-state index in [1.165, 1.54) is 7.11 Å². The Morgan fingerprint density at radius 3 is 2.44 bits per heavy atom. The van der Waals surface area contributed by atoms with Gasteiger partial charge in [-0.05, 0) is 5.56 Å². The molecule has 2 amide bonds. The topological polar surface area (TPSA) is 148 Å². The van der Waals surface area contributed by atoms with Gasteiger partial charge in [-0.25, -0.2) is 4.79 Å². The first-order chi connectivity index (χ1) is 12.4. The first-order valence-electron chi connectivity index (χ1n) is 7.95. The van der Waals surface area contributed by atoms with Gasteiger partial charge < -0.3 is 26.2 Å². The summed E-state index contributed by atoms with van der Waals surface area (Å²) < 4.78 is 11.4. The van der Waals surface area contributed by atoms with E-state index in [1.807, 2.05) is 5.73 Å². The molecule has 0 aliphatic carbocycles. The van der Waals surface area contributed by atoms with Crippen LogP contribution >= 0.6 is 0 Å². The predicted octanol–water partition coefficient (Wildman–Crippen LogP) is -1.19. The van der Waals surface area contributed by atoms with Crippen molar-refractivity contribution >= 4 is 23.8 Å². The van der Waals surface area contributed by atoms with Crippen molar-refractivity contribution in [1.82, 2.24) is 10.6 Å². The highest BCUT2D eigenvalue weighted by Gasteiger charge is 2.28. The third kappa shape index (κ3) is 7.00. The van der Waals surface area contributed by atoms with Gasteiger partial charge in [0.05, 0.1) is 20.1 Å². The van der Waals surface area contributed by atoms with Gasteiger partial charge in [0.2, 0.25) is 11.8 Å². The number of esters is 1. The van der Waals surface area contributed by atoms with Crippen molar-refractivity contribution in [3.63, 3.8) is 0 Å². The number of nitrogens with one attached hydrogen (secondary N) is 2. The Labute approximate surface area is 146 Å². The Morgan fingerprint density at radius 1 is 1.20 bits per heavy atom. The molecule has 0 aliphatic heterocycles. The first-order valence-corrected chi connectivity index (χ1v) is 7.45. The number of methoxy groups -OCH3 is 1. The highest BCUT2D eigenvalue weighted by molar-refractivity contribution is 5.93. The quantitative estimate of drug-likeness (QED) is 0.387. The number of carboxylic acid groups (broad SMARTS) is 1. The Kier molecular flexibility index (Phi) is 7.39. The minimum absolute atomic E-state index is 0.140. The van der Waals surface area contributed by atoms with Gasteiger partial charge in [0.1, 0.15) is 13.5 Å². The molecule has 0 spiro atoms. The van der Waals surface area contributed by atoms with Crippen molar-refractivity contribution in [1.29, 1.82) is 0 Å². The lowest BCUT2D eigenvalue weighted by molar-refractivity contribution is -0.145. The summed E-state index contributed by atoms with van der Waals surface area (Å²) in [4.78, 5) is 46.8. The maximum absolute atomic E-state index is 12.4. The zero-order valence-electron chi connectivity index (χ0n) is 14.7. The number of hydrogen-bond acceptors (Lipinski definition) is 6. The van der Waals surface area contributed by atoms with Crippen molar-refractivity contribution < 1.29 is 30.4 Å². The molecule has 9 nitrogen and oxygen atoms in total. The lowest BCUT2D eigenvalue weighted by atomic mass is 10.1. The number of hydrogen-bond donors (Lipinski definition) is 4. The smallest absolute Gasteiger partial charge is 0.328 e. The fourth-order valence-electron chi connectivity index (χ4n) is 2.09. The Bertz CT molecular complexity index is 640. The van der Waals surface area contributed by atoms with Gasteiger partial charge in [0.25, 0.3) is 0 Å². The number of aliphatic carboxylic acids is 1. The van der Waals surface area contributed by atoms with Gasteiger partial charge in [-0.1, -0.05) is 30.3 Å². The lowest BCUT2D eigenvalue weighted by Gasteiger charge is -2.21. The molecule has 0 unspecified atom stereocenters. The van der Waals surface area contributed by atoms with E-state index in [9.17, 15) is 19.2 Å². The van der Waals surface area contributed by atoms with Gasteiger partial charge in [-0.15, -0.1) is 0 Å².